The highest BCUT2D eigenvalue weighted by Crippen LogP contribution is 2.27. The van der Waals surface area contributed by atoms with Crippen LogP contribution < -0.4 is 10.6 Å². The molecule has 1 aliphatic heterocycles. The molecule has 2 rings (SSSR count). The summed E-state index contributed by atoms with van der Waals surface area (Å²) in [6, 6.07) is 5.90. The van der Waals surface area contributed by atoms with E-state index in [1.807, 2.05) is 19.1 Å². The average Bonchev–Trinajstić information content (AvgIpc) is 2.46. The molecule has 1 saturated heterocycles. The van der Waals surface area contributed by atoms with Gasteiger partial charge in [-0.3, -0.25) is 0 Å². The van der Waals surface area contributed by atoms with Gasteiger partial charge in [-0.25, -0.2) is 0 Å². The lowest BCUT2D eigenvalue weighted by Gasteiger charge is -2.34. The van der Waals surface area contributed by atoms with Crippen molar-refractivity contribution in [3.05, 3.63) is 29.3 Å². The SMILES string of the molecule is Cc1ccc(C(N)=NO)c(N2CCC(CO)CC2)c1. The quantitative estimate of drug-likeness (QED) is 0.332. The van der Waals surface area contributed by atoms with Gasteiger partial charge in [-0.2, -0.15) is 0 Å². The Kier molecular flexibility index (Phi) is 4.27. The summed E-state index contributed by atoms with van der Waals surface area (Å²) in [5.74, 6) is 0.535. The van der Waals surface area contributed by atoms with Gasteiger partial charge in [-0.05, 0) is 43.4 Å². The van der Waals surface area contributed by atoms with Crippen molar-refractivity contribution in [1.82, 2.24) is 0 Å². The van der Waals surface area contributed by atoms with Crippen LogP contribution in [0.4, 0.5) is 5.69 Å². The monoisotopic (exact) mass is 263 g/mol. The molecule has 0 amide bonds. The Hall–Kier alpha value is -1.75. The predicted molar refractivity (Wildman–Crippen MR) is 75.7 cm³/mol. The highest BCUT2D eigenvalue weighted by Gasteiger charge is 2.21. The summed E-state index contributed by atoms with van der Waals surface area (Å²) in [6.45, 7) is 4.07. The first-order chi connectivity index (χ1) is 9.15. The van der Waals surface area contributed by atoms with Crippen molar-refractivity contribution in [3.8, 4) is 0 Å². The Morgan fingerprint density at radius 3 is 2.68 bits per heavy atom. The molecule has 1 heterocycles. The number of hydrogen-bond acceptors (Lipinski definition) is 4. The molecule has 1 aromatic rings. The van der Waals surface area contributed by atoms with Gasteiger partial charge in [0.15, 0.2) is 5.84 Å². The number of piperidine rings is 1. The van der Waals surface area contributed by atoms with E-state index in [1.165, 1.54) is 0 Å². The van der Waals surface area contributed by atoms with Crippen LogP contribution in [0.15, 0.2) is 23.4 Å². The first-order valence-corrected chi connectivity index (χ1v) is 6.60. The number of benzene rings is 1. The van der Waals surface area contributed by atoms with Crippen LogP contribution in [-0.2, 0) is 0 Å². The third-order valence-electron chi connectivity index (χ3n) is 3.75. The molecule has 0 saturated carbocycles. The summed E-state index contributed by atoms with van der Waals surface area (Å²) in [6.07, 6.45) is 1.94. The highest BCUT2D eigenvalue weighted by atomic mass is 16.4. The van der Waals surface area contributed by atoms with Crippen LogP contribution in [0.3, 0.4) is 0 Å². The van der Waals surface area contributed by atoms with E-state index >= 15 is 0 Å². The third kappa shape index (κ3) is 2.98. The van der Waals surface area contributed by atoms with Crippen LogP contribution in [0.5, 0.6) is 0 Å². The zero-order valence-electron chi connectivity index (χ0n) is 11.2. The van der Waals surface area contributed by atoms with E-state index in [-0.39, 0.29) is 12.4 Å². The van der Waals surface area contributed by atoms with Gasteiger partial charge in [-0.15, -0.1) is 0 Å². The number of rotatable bonds is 3. The Labute approximate surface area is 113 Å². The standard InChI is InChI=1S/C14H21N3O2/c1-10-2-3-12(14(15)16-19)13(8-10)17-6-4-11(9-18)5-7-17/h2-3,8,11,18-19H,4-7,9H2,1H3,(H2,15,16). The van der Waals surface area contributed by atoms with Gasteiger partial charge in [0, 0.05) is 30.9 Å². The number of amidine groups is 1. The van der Waals surface area contributed by atoms with Gasteiger partial charge in [0.2, 0.25) is 0 Å². The Morgan fingerprint density at radius 1 is 1.42 bits per heavy atom. The largest absolute Gasteiger partial charge is 0.409 e. The summed E-state index contributed by atoms with van der Waals surface area (Å²) in [4.78, 5) is 2.24. The lowest BCUT2D eigenvalue weighted by atomic mass is 9.96. The molecule has 1 aliphatic rings. The highest BCUT2D eigenvalue weighted by molar-refractivity contribution is 6.02. The predicted octanol–water partition coefficient (Wildman–Crippen LogP) is 1.30. The molecule has 1 fully saturated rings. The number of aliphatic hydroxyl groups excluding tert-OH is 1. The van der Waals surface area contributed by atoms with Crippen molar-refractivity contribution < 1.29 is 10.3 Å². The Balaban J connectivity index is 2.26. The first-order valence-electron chi connectivity index (χ1n) is 6.60. The fourth-order valence-corrected chi connectivity index (χ4v) is 2.53. The van der Waals surface area contributed by atoms with Gasteiger partial charge in [0.05, 0.1) is 0 Å². The smallest absolute Gasteiger partial charge is 0.172 e. The number of aliphatic hydroxyl groups is 1. The molecule has 0 unspecified atom stereocenters. The molecule has 19 heavy (non-hydrogen) atoms. The number of aryl methyl sites for hydroxylation is 1. The van der Waals surface area contributed by atoms with Gasteiger partial charge in [0.25, 0.3) is 0 Å². The maximum atomic E-state index is 9.18. The molecular weight excluding hydrogens is 242 g/mol. The van der Waals surface area contributed by atoms with Crippen LogP contribution >= 0.6 is 0 Å². The normalized spacial score (nSPS) is 17.8. The summed E-state index contributed by atoms with van der Waals surface area (Å²) in [5.41, 5.74) is 8.65. The zero-order valence-corrected chi connectivity index (χ0v) is 11.2. The topological polar surface area (TPSA) is 82.1 Å². The summed E-state index contributed by atoms with van der Waals surface area (Å²) < 4.78 is 0. The molecule has 104 valence electrons. The lowest BCUT2D eigenvalue weighted by Crippen LogP contribution is -2.36. The summed E-state index contributed by atoms with van der Waals surface area (Å²) >= 11 is 0. The van der Waals surface area contributed by atoms with Gasteiger partial charge < -0.3 is 20.9 Å². The third-order valence-corrected chi connectivity index (χ3v) is 3.75. The van der Waals surface area contributed by atoms with Crippen LogP contribution in [0.25, 0.3) is 0 Å². The van der Waals surface area contributed by atoms with E-state index in [4.69, 9.17) is 10.9 Å². The van der Waals surface area contributed by atoms with Crippen LogP contribution in [0, 0.1) is 12.8 Å². The number of anilines is 1. The van der Waals surface area contributed by atoms with Crippen molar-refractivity contribution in [2.45, 2.75) is 19.8 Å². The zero-order chi connectivity index (χ0) is 13.8. The summed E-state index contributed by atoms with van der Waals surface area (Å²) in [7, 11) is 0. The van der Waals surface area contributed by atoms with Crippen molar-refractivity contribution in [2.75, 3.05) is 24.6 Å². The van der Waals surface area contributed by atoms with E-state index < -0.39 is 0 Å². The molecule has 0 radical (unpaired) electrons. The van der Waals surface area contributed by atoms with Crippen molar-refractivity contribution >= 4 is 11.5 Å². The Bertz CT molecular complexity index is 466. The second-order valence-corrected chi connectivity index (χ2v) is 5.12. The minimum atomic E-state index is 0.138. The first kappa shape index (κ1) is 13.7. The van der Waals surface area contributed by atoms with Crippen molar-refractivity contribution in [2.24, 2.45) is 16.8 Å². The van der Waals surface area contributed by atoms with Crippen LogP contribution in [0.2, 0.25) is 0 Å². The van der Waals surface area contributed by atoms with Gasteiger partial charge >= 0.3 is 0 Å². The van der Waals surface area contributed by atoms with Crippen LogP contribution in [-0.4, -0.2) is 35.8 Å². The number of nitrogens with zero attached hydrogens (tertiary/aromatic N) is 2. The van der Waals surface area contributed by atoms with E-state index in [0.29, 0.717) is 5.92 Å². The van der Waals surface area contributed by atoms with E-state index in [1.54, 1.807) is 0 Å². The molecule has 0 aromatic heterocycles. The molecule has 0 spiro atoms. The summed E-state index contributed by atoms with van der Waals surface area (Å²) in [5, 5.41) is 21.2. The van der Waals surface area contributed by atoms with Gasteiger partial charge in [0.1, 0.15) is 0 Å². The molecule has 0 aliphatic carbocycles. The molecular formula is C14H21N3O2. The number of oxime groups is 1. The molecule has 5 nitrogen and oxygen atoms in total. The maximum absolute atomic E-state index is 9.18. The molecule has 0 atom stereocenters. The number of nitrogens with two attached hydrogens (primary N) is 1. The molecule has 0 bridgehead atoms. The molecule has 5 heteroatoms. The van der Waals surface area contributed by atoms with E-state index in [9.17, 15) is 5.11 Å². The average molecular weight is 263 g/mol. The van der Waals surface area contributed by atoms with E-state index in [0.717, 1.165) is 42.7 Å². The lowest BCUT2D eigenvalue weighted by molar-refractivity contribution is 0.203. The molecule has 1 aromatic carbocycles. The fraction of sp³-hybridized carbons (Fsp3) is 0.500. The minimum absolute atomic E-state index is 0.138. The van der Waals surface area contributed by atoms with Crippen molar-refractivity contribution in [3.63, 3.8) is 0 Å². The number of hydrogen-bond donors (Lipinski definition) is 3. The van der Waals surface area contributed by atoms with Crippen molar-refractivity contribution in [1.29, 1.82) is 0 Å². The van der Waals surface area contributed by atoms with Gasteiger partial charge in [-0.1, -0.05) is 11.2 Å². The van der Waals surface area contributed by atoms with E-state index in [2.05, 4.69) is 16.1 Å². The fourth-order valence-electron chi connectivity index (χ4n) is 2.53. The Morgan fingerprint density at radius 2 is 2.11 bits per heavy atom. The minimum Gasteiger partial charge on any atom is -0.409 e. The second-order valence-electron chi connectivity index (χ2n) is 5.12. The molecule has 4 N–H and O–H groups in total. The maximum Gasteiger partial charge on any atom is 0.172 e. The van der Waals surface area contributed by atoms with Crippen LogP contribution in [0.1, 0.15) is 24.0 Å². The second kappa shape index (κ2) is 5.93.